The number of hydrogen-bond acceptors (Lipinski definition) is 6. The Kier molecular flexibility index (Phi) is 10.6. The number of nitrogens with zero attached hydrogens (tertiary/aromatic N) is 7. The minimum Gasteiger partial charge on any atom is -0.501 e. The summed E-state index contributed by atoms with van der Waals surface area (Å²) in [5.74, 6) is 0. The van der Waals surface area contributed by atoms with Gasteiger partial charge in [-0.25, -0.2) is 4.98 Å². The van der Waals surface area contributed by atoms with E-state index in [4.69, 9.17) is 0 Å². The predicted molar refractivity (Wildman–Crippen MR) is 207 cm³/mol. The third-order valence-electron chi connectivity index (χ3n) is 9.35. The zero-order chi connectivity index (χ0) is 34.6. The number of rotatable bonds is 8. The molecule has 7 nitrogen and oxygen atoms in total. The van der Waals surface area contributed by atoms with Gasteiger partial charge in [-0.15, -0.1) is 47.3 Å². The van der Waals surface area contributed by atoms with Crippen LogP contribution in [0.15, 0.2) is 134 Å². The van der Waals surface area contributed by atoms with Gasteiger partial charge in [0, 0.05) is 66.0 Å². The first-order valence-corrected chi connectivity index (χ1v) is 17.4. The Morgan fingerprint density at radius 2 is 1.10 bits per heavy atom. The smallest absolute Gasteiger partial charge is 0.120 e. The van der Waals surface area contributed by atoms with E-state index < -0.39 is 0 Å². The summed E-state index contributed by atoms with van der Waals surface area (Å²) < 4.78 is 2.07. The van der Waals surface area contributed by atoms with Crippen molar-refractivity contribution < 1.29 is 19.5 Å². The number of imidazole rings is 1. The zero-order valence-corrected chi connectivity index (χ0v) is 30.8. The second kappa shape index (κ2) is 15.8. The van der Waals surface area contributed by atoms with Gasteiger partial charge in [-0.2, -0.15) is 74.0 Å². The molecular weight excluding hydrogens is 729 g/mol. The molecule has 0 atom stereocenters. The molecule has 4 heterocycles. The van der Waals surface area contributed by atoms with E-state index in [1.807, 2.05) is 61.7 Å². The van der Waals surface area contributed by atoms with Gasteiger partial charge in [0.15, 0.2) is 0 Å². The Labute approximate surface area is 319 Å². The molecule has 0 saturated carbocycles. The van der Waals surface area contributed by atoms with Crippen LogP contribution in [0.5, 0.6) is 0 Å². The van der Waals surface area contributed by atoms with Crippen LogP contribution in [0, 0.1) is 45.4 Å². The molecule has 8 heteroatoms. The number of anilines is 6. The van der Waals surface area contributed by atoms with Crippen molar-refractivity contribution in [2.45, 2.75) is 26.7 Å². The molecule has 52 heavy (non-hydrogen) atoms. The summed E-state index contributed by atoms with van der Waals surface area (Å²) in [6.07, 6.45) is 5.94. The number of fused-ring (bicyclic) bond motifs is 3. The van der Waals surface area contributed by atoms with Crippen molar-refractivity contribution in [2.24, 2.45) is 0 Å². The summed E-state index contributed by atoms with van der Waals surface area (Å²) in [4.78, 5) is 18.2. The van der Waals surface area contributed by atoms with Gasteiger partial charge in [-0.3, -0.25) is 4.98 Å². The second-order valence-electron chi connectivity index (χ2n) is 12.6. The number of para-hydroxylation sites is 6. The topological polar surface area (TPSA) is 43.2 Å². The van der Waals surface area contributed by atoms with E-state index in [9.17, 15) is 0 Å². The Balaban J connectivity index is 0.000000196. The van der Waals surface area contributed by atoms with Crippen LogP contribution in [0.1, 0.15) is 24.2 Å². The van der Waals surface area contributed by atoms with Crippen LogP contribution in [0.4, 0.5) is 34.1 Å². The van der Waals surface area contributed by atoms with Crippen molar-refractivity contribution in [1.29, 1.82) is 0 Å². The van der Waals surface area contributed by atoms with Crippen LogP contribution in [-0.2, 0) is 19.5 Å². The number of hydrogen-bond donors (Lipinski definition) is 0. The van der Waals surface area contributed by atoms with Crippen LogP contribution >= 0.6 is 0 Å². The Morgan fingerprint density at radius 3 is 1.60 bits per heavy atom. The standard InChI is InChI=1S/C30H26N4.C14H12N3.Rh/c1-3-13-25(14-4-1)33-23-31(27-17-7-9-19-29(27)33)21-11-12-22-32-24-34(26-15-5-2-6-16-26)30-20-10-8-18-28(30)32;1-10-11(2)17-9-8-15-13(14(17)16-10)12-6-4-3-5-7-12;/h1-10,13,15,17-20,23-24H,11-12,21-22H2;3-6,8-9H,1-2H3;/q-4;-1;. The average Bonchev–Trinajstić information content (AvgIpc) is 3.85. The summed E-state index contributed by atoms with van der Waals surface area (Å²) in [6.45, 7) is 10.5. The number of benzene rings is 5. The molecule has 5 aromatic carbocycles. The molecule has 0 N–H and O–H groups in total. The maximum absolute atomic E-state index is 4.57. The van der Waals surface area contributed by atoms with E-state index >= 15 is 0 Å². The van der Waals surface area contributed by atoms with Gasteiger partial charge in [0.25, 0.3) is 0 Å². The summed E-state index contributed by atoms with van der Waals surface area (Å²) in [7, 11) is 0. The summed E-state index contributed by atoms with van der Waals surface area (Å²) in [5, 5.41) is 0. The third-order valence-corrected chi connectivity index (χ3v) is 9.35. The predicted octanol–water partition coefficient (Wildman–Crippen LogP) is 9.73. The van der Waals surface area contributed by atoms with Crippen molar-refractivity contribution in [3.8, 4) is 11.3 Å². The van der Waals surface area contributed by atoms with Crippen molar-refractivity contribution in [2.75, 3.05) is 32.7 Å². The van der Waals surface area contributed by atoms with Crippen LogP contribution in [-0.4, -0.2) is 27.5 Å². The maximum Gasteiger partial charge on any atom is 0.120 e. The van der Waals surface area contributed by atoms with E-state index in [1.165, 1.54) is 22.7 Å². The van der Waals surface area contributed by atoms with Gasteiger partial charge in [0.2, 0.25) is 0 Å². The molecule has 0 unspecified atom stereocenters. The SMILES string of the molecule is Cc1nc2c(-c3[c-]cccc3)nccn2c1C.[Rh].[c-]1ccccc1N1[CH-]N(CCCCN2[CH-]N(c3[c-]cccc3)c3ccccc32)c2ccccc21. The fourth-order valence-corrected chi connectivity index (χ4v) is 6.66. The van der Waals surface area contributed by atoms with Gasteiger partial charge in [0.1, 0.15) is 5.65 Å². The largest absolute Gasteiger partial charge is 0.501 e. The normalized spacial score (nSPS) is 13.0. The fourth-order valence-electron chi connectivity index (χ4n) is 6.66. The molecular formula is C44H38N7Rh-5. The maximum atomic E-state index is 4.57. The summed E-state index contributed by atoms with van der Waals surface area (Å²) in [6, 6.07) is 51.2. The Morgan fingerprint density at radius 1 is 0.596 bits per heavy atom. The van der Waals surface area contributed by atoms with Gasteiger partial charge < -0.3 is 24.0 Å². The van der Waals surface area contributed by atoms with Crippen LogP contribution in [0.25, 0.3) is 16.9 Å². The number of aryl methyl sites for hydroxylation is 2. The van der Waals surface area contributed by atoms with Crippen molar-refractivity contribution >= 4 is 39.8 Å². The van der Waals surface area contributed by atoms with E-state index in [0.717, 1.165) is 65.6 Å². The molecule has 263 valence electrons. The molecule has 0 amide bonds. The molecule has 9 rings (SSSR count). The van der Waals surface area contributed by atoms with Crippen LogP contribution in [0.2, 0.25) is 0 Å². The molecule has 2 aromatic heterocycles. The number of aromatic nitrogens is 3. The minimum atomic E-state index is 0. The quantitative estimate of drug-likeness (QED) is 0.0872. The third kappa shape index (κ3) is 7.04. The molecule has 7 aromatic rings. The molecule has 0 aliphatic carbocycles. The molecule has 1 radical (unpaired) electrons. The van der Waals surface area contributed by atoms with Gasteiger partial charge >= 0.3 is 0 Å². The first-order chi connectivity index (χ1) is 25.2. The molecule has 2 aliphatic heterocycles. The number of unbranched alkanes of at least 4 members (excludes halogenated alkanes) is 1. The first kappa shape index (κ1) is 35.0. The minimum absolute atomic E-state index is 0. The zero-order valence-electron chi connectivity index (χ0n) is 29.1. The van der Waals surface area contributed by atoms with E-state index in [2.05, 4.69) is 145 Å². The van der Waals surface area contributed by atoms with E-state index in [0.29, 0.717) is 0 Å². The van der Waals surface area contributed by atoms with Crippen molar-refractivity contribution in [3.63, 3.8) is 0 Å². The van der Waals surface area contributed by atoms with E-state index in [1.54, 1.807) is 6.20 Å². The second-order valence-corrected chi connectivity index (χ2v) is 12.6. The summed E-state index contributed by atoms with van der Waals surface area (Å²) in [5.41, 5.74) is 12.0. The van der Waals surface area contributed by atoms with Gasteiger partial charge in [-0.1, -0.05) is 24.3 Å². The molecule has 0 spiro atoms. The first-order valence-electron chi connectivity index (χ1n) is 17.4. The monoisotopic (exact) mass is 767 g/mol. The van der Waals surface area contributed by atoms with Crippen LogP contribution < -0.4 is 19.6 Å². The fraction of sp³-hybridized carbons (Fsp3) is 0.136. The van der Waals surface area contributed by atoms with Gasteiger partial charge in [-0.05, 0) is 64.0 Å². The van der Waals surface area contributed by atoms with Crippen LogP contribution in [0.3, 0.4) is 0 Å². The van der Waals surface area contributed by atoms with Gasteiger partial charge in [0.05, 0.1) is 5.69 Å². The summed E-state index contributed by atoms with van der Waals surface area (Å²) >= 11 is 0. The van der Waals surface area contributed by atoms with Crippen molar-refractivity contribution in [1.82, 2.24) is 14.4 Å². The Hall–Kier alpha value is -5.46. The van der Waals surface area contributed by atoms with Crippen molar-refractivity contribution in [3.05, 3.63) is 177 Å². The Bertz CT molecular complexity index is 2120. The average molecular weight is 768 g/mol. The molecule has 0 fully saturated rings. The molecule has 0 saturated heterocycles. The van der Waals surface area contributed by atoms with E-state index in [-0.39, 0.29) is 19.5 Å². The molecule has 0 bridgehead atoms. The molecule has 2 aliphatic rings.